The number of ether oxygens (including phenoxy) is 1. The number of alkyl carbamates (subject to hydrolysis) is 1. The molecule has 1 aromatic heterocycles. The minimum absolute atomic E-state index is 0.0758. The Bertz CT molecular complexity index is 455. The van der Waals surface area contributed by atoms with Gasteiger partial charge in [-0.05, 0) is 20.8 Å². The lowest BCUT2D eigenvalue weighted by Gasteiger charge is -2.22. The Morgan fingerprint density at radius 3 is 2.78 bits per heavy atom. The first-order chi connectivity index (χ1) is 8.31. The number of aromatic nitrogens is 3. The highest BCUT2D eigenvalue weighted by molar-refractivity contribution is 5.68. The number of amides is 1. The van der Waals surface area contributed by atoms with Crippen LogP contribution in [0, 0.1) is 12.3 Å². The molecule has 1 amide bonds. The minimum Gasteiger partial charge on any atom is -0.437 e. The first-order valence-electron chi connectivity index (χ1n) is 5.42. The van der Waals surface area contributed by atoms with Crippen LogP contribution in [0.2, 0.25) is 0 Å². The topological polar surface area (TPSA) is 106 Å². The molecule has 0 aliphatic carbocycles. The van der Waals surface area contributed by atoms with Crippen molar-refractivity contribution in [1.29, 1.82) is 0 Å². The summed E-state index contributed by atoms with van der Waals surface area (Å²) in [7, 11) is 0. The van der Waals surface area contributed by atoms with Crippen LogP contribution in [0.1, 0.15) is 39.1 Å². The van der Waals surface area contributed by atoms with Gasteiger partial charge in [0.25, 0.3) is 0 Å². The summed E-state index contributed by atoms with van der Waals surface area (Å²) in [6, 6.07) is 0. The number of carbonyl (C=O) groups excluding carboxylic acids is 1. The number of carbonyl (C=O) groups is 1. The predicted octanol–water partition coefficient (Wildman–Crippen LogP) is 0.976. The molecule has 7 nitrogen and oxygen atoms in total. The number of aromatic amines is 1. The molecule has 0 aliphatic heterocycles. The van der Waals surface area contributed by atoms with Crippen molar-refractivity contribution in [3.05, 3.63) is 5.82 Å². The van der Waals surface area contributed by atoms with Crippen molar-refractivity contribution in [2.24, 2.45) is 0 Å². The average Bonchev–Trinajstić information content (AvgIpc) is 2.61. The van der Waals surface area contributed by atoms with Gasteiger partial charge in [-0.3, -0.25) is 5.10 Å². The van der Waals surface area contributed by atoms with Gasteiger partial charge in [0, 0.05) is 5.54 Å². The molecule has 0 saturated carbocycles. The van der Waals surface area contributed by atoms with Gasteiger partial charge in [0.15, 0.2) is 11.9 Å². The fourth-order valence-corrected chi connectivity index (χ4v) is 1.20. The highest BCUT2D eigenvalue weighted by Crippen LogP contribution is 2.18. The molecule has 0 radical (unpaired) electrons. The first-order valence-corrected chi connectivity index (χ1v) is 5.42. The number of nitrogens with two attached hydrogens (primary N) is 1. The second kappa shape index (κ2) is 5.40. The zero-order valence-electron chi connectivity index (χ0n) is 10.7. The summed E-state index contributed by atoms with van der Waals surface area (Å²) in [6.45, 7) is 5.53. The molecule has 0 bridgehead atoms. The molecule has 0 aromatic carbocycles. The summed E-state index contributed by atoms with van der Waals surface area (Å²) in [4.78, 5) is 15.5. The zero-order valence-corrected chi connectivity index (χ0v) is 10.7. The third kappa shape index (κ3) is 4.33. The molecule has 18 heavy (non-hydrogen) atoms. The van der Waals surface area contributed by atoms with Crippen LogP contribution in [0.25, 0.3) is 0 Å². The van der Waals surface area contributed by atoms with Gasteiger partial charge < -0.3 is 15.8 Å². The van der Waals surface area contributed by atoms with Gasteiger partial charge in [0.05, 0.1) is 6.42 Å². The molecule has 1 heterocycles. The number of anilines is 1. The van der Waals surface area contributed by atoms with Gasteiger partial charge in [-0.2, -0.15) is 4.98 Å². The molecule has 0 spiro atoms. The largest absolute Gasteiger partial charge is 0.437 e. The van der Waals surface area contributed by atoms with Crippen LogP contribution in [0.3, 0.4) is 0 Å². The number of nitrogen functional groups attached to an aromatic ring is 1. The normalized spacial score (nSPS) is 12.6. The number of nitrogens with zero attached hydrogens (tertiary/aromatic N) is 2. The van der Waals surface area contributed by atoms with E-state index < -0.39 is 17.7 Å². The second-order valence-electron chi connectivity index (χ2n) is 4.76. The minimum atomic E-state index is -0.692. The third-order valence-corrected chi connectivity index (χ3v) is 1.85. The van der Waals surface area contributed by atoms with Crippen LogP contribution in [-0.4, -0.2) is 26.8 Å². The lowest BCUT2D eigenvalue weighted by Crippen LogP contribution is -2.41. The Hall–Kier alpha value is -2.23. The lowest BCUT2D eigenvalue weighted by atomic mass is 10.1. The molecule has 1 rings (SSSR count). The maximum absolute atomic E-state index is 11.6. The summed E-state index contributed by atoms with van der Waals surface area (Å²) in [5, 5.41) is 8.90. The van der Waals surface area contributed by atoms with Crippen LogP contribution in [0.15, 0.2) is 0 Å². The van der Waals surface area contributed by atoms with Crippen molar-refractivity contribution in [2.45, 2.75) is 38.8 Å². The number of terminal acetylenes is 1. The van der Waals surface area contributed by atoms with Crippen molar-refractivity contribution in [3.8, 4) is 12.3 Å². The number of H-pyrrole nitrogens is 1. The van der Waals surface area contributed by atoms with Crippen LogP contribution in [-0.2, 0) is 4.74 Å². The Morgan fingerprint density at radius 2 is 2.33 bits per heavy atom. The molecule has 1 aromatic rings. The Balaban J connectivity index is 2.70. The molecule has 0 unspecified atom stereocenters. The SMILES string of the molecule is C#CC[C@H](OC(=O)NC(C)(C)C)c1nc(N)n[nH]1. The van der Waals surface area contributed by atoms with Crippen molar-refractivity contribution in [2.75, 3.05) is 5.73 Å². The predicted molar refractivity (Wildman–Crippen MR) is 66.4 cm³/mol. The van der Waals surface area contributed by atoms with E-state index in [1.807, 2.05) is 20.8 Å². The van der Waals surface area contributed by atoms with E-state index in [2.05, 4.69) is 26.4 Å². The van der Waals surface area contributed by atoms with Gasteiger partial charge >= 0.3 is 6.09 Å². The first kappa shape index (κ1) is 13.8. The Morgan fingerprint density at radius 1 is 1.67 bits per heavy atom. The summed E-state index contributed by atoms with van der Waals surface area (Å²) in [5.41, 5.74) is 4.99. The summed E-state index contributed by atoms with van der Waals surface area (Å²) in [5.74, 6) is 2.81. The number of hydrogen-bond donors (Lipinski definition) is 3. The van der Waals surface area contributed by atoms with E-state index in [4.69, 9.17) is 16.9 Å². The van der Waals surface area contributed by atoms with Crippen molar-refractivity contribution >= 4 is 12.0 Å². The van der Waals surface area contributed by atoms with Gasteiger partial charge in [-0.25, -0.2) is 4.79 Å². The van der Waals surface area contributed by atoms with Crippen molar-refractivity contribution in [3.63, 3.8) is 0 Å². The molecule has 7 heteroatoms. The summed E-state index contributed by atoms with van der Waals surface area (Å²) < 4.78 is 5.18. The van der Waals surface area contributed by atoms with Crippen molar-refractivity contribution < 1.29 is 9.53 Å². The quantitative estimate of drug-likeness (QED) is 0.694. The van der Waals surface area contributed by atoms with Crippen LogP contribution in [0.5, 0.6) is 0 Å². The van der Waals surface area contributed by atoms with E-state index in [9.17, 15) is 4.79 Å². The second-order valence-corrected chi connectivity index (χ2v) is 4.76. The van der Waals surface area contributed by atoms with E-state index >= 15 is 0 Å². The van der Waals surface area contributed by atoms with Crippen LogP contribution in [0.4, 0.5) is 10.7 Å². The van der Waals surface area contributed by atoms with E-state index in [-0.39, 0.29) is 12.4 Å². The van der Waals surface area contributed by atoms with Crippen LogP contribution < -0.4 is 11.1 Å². The Kier molecular flexibility index (Phi) is 4.15. The molecule has 1 atom stereocenters. The summed E-state index contributed by atoms with van der Waals surface area (Å²) >= 11 is 0. The third-order valence-electron chi connectivity index (χ3n) is 1.85. The van der Waals surface area contributed by atoms with Crippen LogP contribution >= 0.6 is 0 Å². The number of rotatable bonds is 3. The zero-order chi connectivity index (χ0) is 13.8. The maximum atomic E-state index is 11.6. The molecule has 0 aliphatic rings. The van der Waals surface area contributed by atoms with E-state index in [0.29, 0.717) is 5.82 Å². The van der Waals surface area contributed by atoms with Gasteiger partial charge in [-0.15, -0.1) is 17.4 Å². The van der Waals surface area contributed by atoms with E-state index in [1.54, 1.807) is 0 Å². The van der Waals surface area contributed by atoms with Gasteiger partial charge in [0.1, 0.15) is 0 Å². The fourth-order valence-electron chi connectivity index (χ4n) is 1.20. The molecule has 98 valence electrons. The van der Waals surface area contributed by atoms with Gasteiger partial charge in [-0.1, -0.05) is 0 Å². The molecule has 0 fully saturated rings. The number of hydrogen-bond acceptors (Lipinski definition) is 5. The van der Waals surface area contributed by atoms with Crippen molar-refractivity contribution in [1.82, 2.24) is 20.5 Å². The fraction of sp³-hybridized carbons (Fsp3) is 0.545. The average molecular weight is 251 g/mol. The standard InChI is InChI=1S/C11H17N5O2/c1-5-6-7(8-13-9(12)16-15-8)18-10(17)14-11(2,3)4/h1,7H,6H2,2-4H3,(H,14,17)(H3,12,13,15,16)/t7-/m0/s1. The summed E-state index contributed by atoms with van der Waals surface area (Å²) in [6.07, 6.45) is 4.14. The highest BCUT2D eigenvalue weighted by Gasteiger charge is 2.22. The number of nitrogens with one attached hydrogen (secondary N) is 2. The molecule has 0 saturated heterocycles. The Labute approximate surface area is 105 Å². The molecular formula is C11H17N5O2. The monoisotopic (exact) mass is 251 g/mol. The smallest absolute Gasteiger partial charge is 0.408 e. The van der Waals surface area contributed by atoms with Gasteiger partial charge in [0.2, 0.25) is 5.95 Å². The van der Waals surface area contributed by atoms with E-state index in [0.717, 1.165) is 0 Å². The molecule has 4 N–H and O–H groups in total. The lowest BCUT2D eigenvalue weighted by molar-refractivity contribution is 0.0892. The van der Waals surface area contributed by atoms with E-state index in [1.165, 1.54) is 0 Å². The highest BCUT2D eigenvalue weighted by atomic mass is 16.6. The molecular weight excluding hydrogens is 234 g/mol. The maximum Gasteiger partial charge on any atom is 0.408 e.